The molecule has 1 aromatic carbocycles. The van der Waals surface area contributed by atoms with Crippen molar-refractivity contribution >= 4 is 11.9 Å². The second-order valence-corrected chi connectivity index (χ2v) is 6.58. The zero-order chi connectivity index (χ0) is 19.2. The molecular weight excluding hydrogens is 342 g/mol. The Morgan fingerprint density at radius 1 is 1.19 bits per heavy atom. The van der Waals surface area contributed by atoms with E-state index in [1.54, 1.807) is 13.3 Å². The molecular formula is C20H23N5O2. The number of nitrogens with zero attached hydrogens (tertiary/aromatic N) is 4. The van der Waals surface area contributed by atoms with Crippen LogP contribution in [-0.2, 0) is 6.54 Å². The van der Waals surface area contributed by atoms with E-state index in [1.165, 1.54) is 4.68 Å². The van der Waals surface area contributed by atoms with E-state index in [1.807, 2.05) is 56.3 Å². The highest BCUT2D eigenvalue weighted by Gasteiger charge is 2.18. The zero-order valence-electron chi connectivity index (χ0n) is 15.7. The molecule has 0 aliphatic heterocycles. The van der Waals surface area contributed by atoms with Gasteiger partial charge in [0, 0.05) is 19.2 Å². The Balaban J connectivity index is 1.84. The van der Waals surface area contributed by atoms with Gasteiger partial charge in [-0.2, -0.15) is 9.67 Å². The molecule has 0 spiro atoms. The monoisotopic (exact) mass is 365 g/mol. The lowest BCUT2D eigenvalue weighted by atomic mass is 10.1. The summed E-state index contributed by atoms with van der Waals surface area (Å²) in [6, 6.07) is 13.2. The lowest BCUT2D eigenvalue weighted by Crippen LogP contribution is -2.18. The van der Waals surface area contributed by atoms with Gasteiger partial charge < -0.3 is 10.1 Å². The standard InChI is InChI=1S/C20H23N5O2/c1-14(2)12-18(26)25-20(22-13-15-7-9-16(27-3)10-8-15)23-19(24-25)17-6-4-5-11-21-17/h4-11,14H,12-13H2,1-3H3,(H,22,23,24). The first kappa shape index (κ1) is 18.6. The van der Waals surface area contributed by atoms with Crippen LogP contribution >= 0.6 is 0 Å². The van der Waals surface area contributed by atoms with Crippen LogP contribution in [0.15, 0.2) is 48.7 Å². The van der Waals surface area contributed by atoms with Crippen molar-refractivity contribution in [3.8, 4) is 17.3 Å². The Bertz CT molecular complexity index is 888. The van der Waals surface area contributed by atoms with Crippen LogP contribution in [0.4, 0.5) is 5.95 Å². The largest absolute Gasteiger partial charge is 0.497 e. The fraction of sp³-hybridized carbons (Fsp3) is 0.300. The van der Waals surface area contributed by atoms with Crippen molar-refractivity contribution in [3.63, 3.8) is 0 Å². The molecule has 0 bridgehead atoms. The molecule has 7 nitrogen and oxygen atoms in total. The van der Waals surface area contributed by atoms with Gasteiger partial charge in [-0.25, -0.2) is 0 Å². The summed E-state index contributed by atoms with van der Waals surface area (Å²) >= 11 is 0. The highest BCUT2D eigenvalue weighted by Crippen LogP contribution is 2.18. The molecule has 0 saturated carbocycles. The first-order valence-electron chi connectivity index (χ1n) is 8.85. The molecule has 0 radical (unpaired) electrons. The summed E-state index contributed by atoms with van der Waals surface area (Å²) in [6.45, 7) is 4.51. The van der Waals surface area contributed by atoms with E-state index in [-0.39, 0.29) is 11.8 Å². The Labute approximate surface area is 158 Å². The Morgan fingerprint density at radius 3 is 2.59 bits per heavy atom. The molecule has 2 heterocycles. The van der Waals surface area contributed by atoms with Crippen molar-refractivity contribution < 1.29 is 9.53 Å². The third-order valence-electron chi connectivity index (χ3n) is 3.93. The quantitative estimate of drug-likeness (QED) is 0.688. The molecule has 2 aromatic heterocycles. The predicted molar refractivity (Wildman–Crippen MR) is 104 cm³/mol. The van der Waals surface area contributed by atoms with Crippen LogP contribution < -0.4 is 10.1 Å². The number of carbonyl (C=O) groups excluding carboxylic acids is 1. The molecule has 140 valence electrons. The van der Waals surface area contributed by atoms with Crippen LogP contribution in [-0.4, -0.2) is 32.8 Å². The van der Waals surface area contributed by atoms with Gasteiger partial charge in [0.2, 0.25) is 17.7 Å². The minimum atomic E-state index is -0.100. The number of nitrogens with one attached hydrogen (secondary N) is 1. The van der Waals surface area contributed by atoms with Crippen LogP contribution in [0.5, 0.6) is 5.75 Å². The molecule has 0 fully saturated rings. The summed E-state index contributed by atoms with van der Waals surface area (Å²) in [4.78, 5) is 21.4. The maximum Gasteiger partial charge on any atom is 0.250 e. The van der Waals surface area contributed by atoms with Gasteiger partial charge in [-0.15, -0.1) is 5.10 Å². The van der Waals surface area contributed by atoms with Gasteiger partial charge in [-0.1, -0.05) is 32.0 Å². The van der Waals surface area contributed by atoms with Gasteiger partial charge in [0.05, 0.1) is 7.11 Å². The topological polar surface area (TPSA) is 81.9 Å². The van der Waals surface area contributed by atoms with Crippen LogP contribution in [0, 0.1) is 5.92 Å². The predicted octanol–water partition coefficient (Wildman–Crippen LogP) is 3.65. The second-order valence-electron chi connectivity index (χ2n) is 6.58. The van der Waals surface area contributed by atoms with E-state index >= 15 is 0 Å². The molecule has 27 heavy (non-hydrogen) atoms. The van der Waals surface area contributed by atoms with E-state index in [9.17, 15) is 4.79 Å². The average Bonchev–Trinajstić information content (AvgIpc) is 3.11. The van der Waals surface area contributed by atoms with Crippen molar-refractivity contribution in [3.05, 3.63) is 54.2 Å². The van der Waals surface area contributed by atoms with Gasteiger partial charge in [0.1, 0.15) is 11.4 Å². The van der Waals surface area contributed by atoms with E-state index in [2.05, 4.69) is 20.4 Å². The number of hydrogen-bond acceptors (Lipinski definition) is 6. The van der Waals surface area contributed by atoms with Gasteiger partial charge in [-0.3, -0.25) is 9.78 Å². The fourth-order valence-corrected chi connectivity index (χ4v) is 2.56. The Hall–Kier alpha value is -3.22. The lowest BCUT2D eigenvalue weighted by Gasteiger charge is -2.09. The summed E-state index contributed by atoms with van der Waals surface area (Å²) in [5, 5.41) is 7.60. The number of methoxy groups -OCH3 is 1. The van der Waals surface area contributed by atoms with E-state index in [4.69, 9.17) is 4.74 Å². The van der Waals surface area contributed by atoms with Crippen LogP contribution in [0.3, 0.4) is 0 Å². The average molecular weight is 365 g/mol. The summed E-state index contributed by atoms with van der Waals surface area (Å²) in [6.07, 6.45) is 2.07. The number of rotatable bonds is 7. The third kappa shape index (κ3) is 4.69. The molecule has 3 rings (SSSR count). The summed E-state index contributed by atoms with van der Waals surface area (Å²) in [5.41, 5.74) is 1.67. The number of pyridine rings is 1. The van der Waals surface area contributed by atoms with Gasteiger partial charge in [0.25, 0.3) is 0 Å². The van der Waals surface area contributed by atoms with Crippen molar-refractivity contribution in [2.24, 2.45) is 5.92 Å². The molecule has 0 atom stereocenters. The highest BCUT2D eigenvalue weighted by atomic mass is 16.5. The number of anilines is 1. The van der Waals surface area contributed by atoms with Crippen molar-refractivity contribution in [2.45, 2.75) is 26.8 Å². The molecule has 0 aliphatic carbocycles. The Kier molecular flexibility index (Phi) is 5.80. The van der Waals surface area contributed by atoms with E-state index in [0.717, 1.165) is 11.3 Å². The first-order valence-corrected chi connectivity index (χ1v) is 8.85. The van der Waals surface area contributed by atoms with E-state index in [0.29, 0.717) is 30.4 Å². The van der Waals surface area contributed by atoms with Crippen molar-refractivity contribution in [1.29, 1.82) is 0 Å². The second kappa shape index (κ2) is 8.44. The minimum absolute atomic E-state index is 0.100. The Morgan fingerprint density at radius 2 is 1.96 bits per heavy atom. The number of benzene rings is 1. The molecule has 3 aromatic rings. The van der Waals surface area contributed by atoms with Crippen LogP contribution in [0.2, 0.25) is 0 Å². The maximum absolute atomic E-state index is 12.6. The number of carbonyl (C=O) groups is 1. The normalized spacial score (nSPS) is 10.8. The molecule has 0 saturated heterocycles. The van der Waals surface area contributed by atoms with E-state index < -0.39 is 0 Å². The maximum atomic E-state index is 12.6. The van der Waals surface area contributed by atoms with Crippen LogP contribution in [0.1, 0.15) is 30.6 Å². The zero-order valence-corrected chi connectivity index (χ0v) is 15.7. The minimum Gasteiger partial charge on any atom is -0.497 e. The van der Waals surface area contributed by atoms with Gasteiger partial charge in [-0.05, 0) is 35.7 Å². The number of aromatic nitrogens is 4. The third-order valence-corrected chi connectivity index (χ3v) is 3.93. The highest BCUT2D eigenvalue weighted by molar-refractivity contribution is 5.81. The fourth-order valence-electron chi connectivity index (χ4n) is 2.56. The van der Waals surface area contributed by atoms with Gasteiger partial charge in [0.15, 0.2) is 0 Å². The summed E-state index contributed by atoms with van der Waals surface area (Å²) in [5.74, 6) is 1.76. The molecule has 0 amide bonds. The molecule has 1 N–H and O–H groups in total. The number of ether oxygens (including phenoxy) is 1. The summed E-state index contributed by atoms with van der Waals surface area (Å²) < 4.78 is 6.51. The van der Waals surface area contributed by atoms with Crippen molar-refractivity contribution in [2.75, 3.05) is 12.4 Å². The molecule has 0 aliphatic rings. The van der Waals surface area contributed by atoms with Gasteiger partial charge >= 0.3 is 0 Å². The SMILES string of the molecule is COc1ccc(CNc2nc(-c3ccccn3)nn2C(=O)CC(C)C)cc1. The van der Waals surface area contributed by atoms with Crippen LogP contribution in [0.25, 0.3) is 11.5 Å². The summed E-state index contributed by atoms with van der Waals surface area (Å²) in [7, 11) is 1.63. The number of hydrogen-bond donors (Lipinski definition) is 1. The first-order chi connectivity index (χ1) is 13.1. The molecule has 0 unspecified atom stereocenters. The molecule has 7 heteroatoms. The van der Waals surface area contributed by atoms with Crippen molar-refractivity contribution in [1.82, 2.24) is 19.7 Å². The lowest BCUT2D eigenvalue weighted by molar-refractivity contribution is 0.0873. The smallest absolute Gasteiger partial charge is 0.250 e.